The number of ether oxygens (including phenoxy) is 1. The largest absolute Gasteiger partial charge is 0.461 e. The highest BCUT2D eigenvalue weighted by molar-refractivity contribution is 8.14. The van der Waals surface area contributed by atoms with E-state index in [-0.39, 0.29) is 53.6 Å². The number of carbonyl (C=O) groups is 4. The number of unbranched alkanes of at least 4 members (excludes halogenated alkanes) is 2. The van der Waals surface area contributed by atoms with E-state index in [9.17, 15) is 24.4 Å². The van der Waals surface area contributed by atoms with Crippen LogP contribution in [-0.4, -0.2) is 35.3 Å². The molecule has 2 atom stereocenters. The average Bonchev–Trinajstić information content (AvgIpc) is 3.14. The van der Waals surface area contributed by atoms with Crippen molar-refractivity contribution in [3.8, 4) is 12.3 Å². The van der Waals surface area contributed by atoms with Gasteiger partial charge in [-0.1, -0.05) is 102 Å². The maximum absolute atomic E-state index is 12.6. The molecular weight excluding hydrogens is 663 g/mol. The van der Waals surface area contributed by atoms with Crippen molar-refractivity contribution in [1.82, 2.24) is 5.32 Å². The summed E-state index contributed by atoms with van der Waals surface area (Å²) in [5, 5.41) is 26.3. The number of nitrogens with zero attached hydrogens (tertiary/aromatic N) is 2. The molecule has 0 saturated carbocycles. The van der Waals surface area contributed by atoms with Gasteiger partial charge in [0.2, 0.25) is 16.9 Å². The van der Waals surface area contributed by atoms with Crippen LogP contribution in [-0.2, 0) is 23.9 Å². The summed E-state index contributed by atoms with van der Waals surface area (Å²) in [5.74, 6) is 0.123. The monoisotopic (exact) mass is 713 g/mol. The van der Waals surface area contributed by atoms with E-state index in [1.165, 1.54) is 17.8 Å². The standard InChI is InChI=1S/C40H51N5O5S/c1-5-9-11-29(7-3)26-50-39(48)36(43-28-42)24-32-15-19-35(20-16-32)45-38(47)22-21-37(46)44-34-17-13-31(14-18-34)23-33(25-41)40(49)51-27-30(8-4)12-10-6-2/h13-20,23-24,29-30,43H,5-12,21-22,26-27H2,1-4H3,(H,44,46)(H,45,47)/b33-23+,36-24-. The fourth-order valence-corrected chi connectivity index (χ4v) is 6.06. The predicted octanol–water partition coefficient (Wildman–Crippen LogP) is 8.60. The van der Waals surface area contributed by atoms with Gasteiger partial charge in [-0.25, -0.2) is 4.79 Å². The van der Waals surface area contributed by atoms with Gasteiger partial charge in [0.1, 0.15) is 17.3 Å². The van der Waals surface area contributed by atoms with Crippen molar-refractivity contribution in [2.24, 2.45) is 11.8 Å². The van der Waals surface area contributed by atoms with Gasteiger partial charge in [0, 0.05) is 30.0 Å². The number of hydrogen-bond acceptors (Lipinski definition) is 9. The molecular formula is C40H51N5O5S. The second-order valence-electron chi connectivity index (χ2n) is 12.3. The molecule has 0 aromatic heterocycles. The second kappa shape index (κ2) is 24.3. The zero-order valence-corrected chi connectivity index (χ0v) is 31.1. The fourth-order valence-electron chi connectivity index (χ4n) is 5.01. The first-order valence-corrected chi connectivity index (χ1v) is 18.8. The normalized spacial score (nSPS) is 12.5. The molecule has 2 aromatic rings. The summed E-state index contributed by atoms with van der Waals surface area (Å²) in [6.45, 7) is 8.73. The number of anilines is 2. The summed E-state index contributed by atoms with van der Waals surface area (Å²) in [6, 6.07) is 15.5. The minimum absolute atomic E-state index is 0.0199. The SMILES string of the molecule is CCCCC(CC)COC(=O)/C(=C/c1ccc(NC(=O)CCC(=O)Nc2ccc(/C=C(\C#N)C(=O)SCC(CC)CCCC)cc2)cc1)NC#N. The van der Waals surface area contributed by atoms with Crippen LogP contribution in [0.15, 0.2) is 59.8 Å². The van der Waals surface area contributed by atoms with Crippen LogP contribution in [0.3, 0.4) is 0 Å². The van der Waals surface area contributed by atoms with Gasteiger partial charge in [-0.05, 0) is 72.2 Å². The Hall–Kier alpha value is -4.87. The molecule has 0 fully saturated rings. The van der Waals surface area contributed by atoms with Gasteiger partial charge in [0.25, 0.3) is 0 Å². The quantitative estimate of drug-likeness (QED) is 0.0357. The number of amides is 2. The van der Waals surface area contributed by atoms with Crippen molar-refractivity contribution in [2.45, 2.75) is 91.9 Å². The first-order chi connectivity index (χ1) is 24.6. The van der Waals surface area contributed by atoms with Crippen molar-refractivity contribution in [3.63, 3.8) is 0 Å². The zero-order valence-electron chi connectivity index (χ0n) is 30.3. The van der Waals surface area contributed by atoms with Crippen molar-refractivity contribution >= 4 is 58.2 Å². The summed E-state index contributed by atoms with van der Waals surface area (Å²) in [6.07, 6.45) is 13.1. The molecule has 3 N–H and O–H groups in total. The van der Waals surface area contributed by atoms with Crippen LogP contribution in [0.5, 0.6) is 0 Å². The molecule has 0 bridgehead atoms. The van der Waals surface area contributed by atoms with Crippen molar-refractivity contribution in [2.75, 3.05) is 23.0 Å². The molecule has 2 aromatic carbocycles. The van der Waals surface area contributed by atoms with Crippen LogP contribution < -0.4 is 16.0 Å². The minimum Gasteiger partial charge on any atom is -0.461 e. The van der Waals surface area contributed by atoms with E-state index in [1.807, 2.05) is 6.07 Å². The molecule has 0 aliphatic heterocycles. The van der Waals surface area contributed by atoms with Gasteiger partial charge in [0.05, 0.1) is 6.61 Å². The molecule has 2 rings (SSSR count). The maximum Gasteiger partial charge on any atom is 0.355 e. The maximum atomic E-state index is 12.6. The number of carbonyl (C=O) groups excluding carboxylic acids is 4. The van der Waals surface area contributed by atoms with Crippen LogP contribution in [0.2, 0.25) is 0 Å². The summed E-state index contributed by atoms with van der Waals surface area (Å²) < 4.78 is 5.46. The van der Waals surface area contributed by atoms with E-state index in [2.05, 4.69) is 43.6 Å². The Morgan fingerprint density at radius 3 is 1.75 bits per heavy atom. The smallest absolute Gasteiger partial charge is 0.355 e. The third-order valence-corrected chi connectivity index (χ3v) is 9.45. The van der Waals surface area contributed by atoms with Gasteiger partial charge in [-0.15, -0.1) is 0 Å². The van der Waals surface area contributed by atoms with Gasteiger partial charge in [-0.3, -0.25) is 19.7 Å². The van der Waals surface area contributed by atoms with Crippen LogP contribution in [0.4, 0.5) is 11.4 Å². The number of hydrogen-bond donors (Lipinski definition) is 3. The number of esters is 1. The van der Waals surface area contributed by atoms with Crippen LogP contribution >= 0.6 is 11.8 Å². The van der Waals surface area contributed by atoms with Crippen molar-refractivity contribution in [3.05, 3.63) is 70.9 Å². The Morgan fingerprint density at radius 2 is 1.27 bits per heavy atom. The third kappa shape index (κ3) is 16.6. The molecule has 0 saturated heterocycles. The van der Waals surface area contributed by atoms with Gasteiger partial charge in [0.15, 0.2) is 6.19 Å². The lowest BCUT2D eigenvalue weighted by Crippen LogP contribution is -2.21. The fraction of sp³-hybridized carbons (Fsp3) is 0.450. The Morgan fingerprint density at radius 1 is 0.765 bits per heavy atom. The Balaban J connectivity index is 1.86. The Labute approximate surface area is 307 Å². The van der Waals surface area contributed by atoms with Crippen molar-refractivity contribution < 1.29 is 23.9 Å². The summed E-state index contributed by atoms with van der Waals surface area (Å²) in [7, 11) is 0. The average molecular weight is 714 g/mol. The number of rotatable bonds is 22. The number of benzene rings is 2. The van der Waals surface area contributed by atoms with E-state index in [4.69, 9.17) is 10.00 Å². The zero-order chi connectivity index (χ0) is 37.4. The molecule has 2 unspecified atom stereocenters. The molecule has 2 amide bonds. The van der Waals surface area contributed by atoms with Crippen LogP contribution in [0.1, 0.15) is 103 Å². The molecule has 10 nitrogen and oxygen atoms in total. The van der Waals surface area contributed by atoms with E-state index >= 15 is 0 Å². The highest BCUT2D eigenvalue weighted by Gasteiger charge is 2.16. The molecule has 11 heteroatoms. The lowest BCUT2D eigenvalue weighted by atomic mass is 10.0. The molecule has 0 radical (unpaired) electrons. The summed E-state index contributed by atoms with van der Waals surface area (Å²) in [5.41, 5.74) is 2.43. The van der Waals surface area contributed by atoms with Gasteiger partial charge < -0.3 is 15.4 Å². The molecule has 0 spiro atoms. The topological polar surface area (TPSA) is 161 Å². The molecule has 0 aliphatic carbocycles. The number of nitriles is 2. The lowest BCUT2D eigenvalue weighted by molar-refractivity contribution is -0.140. The molecule has 51 heavy (non-hydrogen) atoms. The van der Waals surface area contributed by atoms with E-state index < -0.39 is 5.97 Å². The second-order valence-corrected chi connectivity index (χ2v) is 13.3. The molecule has 272 valence electrons. The van der Waals surface area contributed by atoms with Crippen LogP contribution in [0, 0.1) is 34.6 Å². The summed E-state index contributed by atoms with van der Waals surface area (Å²) in [4.78, 5) is 50.3. The highest BCUT2D eigenvalue weighted by Crippen LogP contribution is 2.23. The van der Waals surface area contributed by atoms with E-state index in [0.717, 1.165) is 51.4 Å². The van der Waals surface area contributed by atoms with Crippen LogP contribution in [0.25, 0.3) is 12.2 Å². The first kappa shape index (κ1) is 42.3. The number of thioether (sulfide) groups is 1. The van der Waals surface area contributed by atoms with E-state index in [1.54, 1.807) is 60.8 Å². The summed E-state index contributed by atoms with van der Waals surface area (Å²) >= 11 is 1.19. The van der Waals surface area contributed by atoms with E-state index in [0.29, 0.717) is 34.2 Å². The van der Waals surface area contributed by atoms with Crippen molar-refractivity contribution in [1.29, 1.82) is 10.5 Å². The first-order valence-electron chi connectivity index (χ1n) is 17.8. The predicted molar refractivity (Wildman–Crippen MR) is 205 cm³/mol. The third-order valence-electron chi connectivity index (χ3n) is 8.33. The van der Waals surface area contributed by atoms with Gasteiger partial charge in [-0.2, -0.15) is 10.5 Å². The Bertz CT molecular complexity index is 1570. The number of nitrogens with one attached hydrogen (secondary N) is 3. The van der Waals surface area contributed by atoms with Gasteiger partial charge >= 0.3 is 5.97 Å². The molecule has 0 heterocycles. The lowest BCUT2D eigenvalue weighted by Gasteiger charge is -2.15. The Kier molecular flexibility index (Phi) is 20.2. The highest BCUT2D eigenvalue weighted by atomic mass is 32.2. The molecule has 0 aliphatic rings. The minimum atomic E-state index is -0.609.